The summed E-state index contributed by atoms with van der Waals surface area (Å²) in [5.41, 5.74) is 4.94. The highest BCUT2D eigenvalue weighted by molar-refractivity contribution is 6.27. The van der Waals surface area contributed by atoms with Crippen LogP contribution in [-0.2, 0) is 0 Å². The number of aromatic amines is 1. The standard InChI is InChI=1S/C20H19N3O/c1-22-9-11-23(12-10-22)20-18-13-5-2-3-6-14(13)19(24)15-7-4-8-16(21-20)17(15)18/h2-8,21H,9-12H2,1H3. The van der Waals surface area contributed by atoms with E-state index in [1.54, 1.807) is 0 Å². The molecule has 0 bridgehead atoms. The van der Waals surface area contributed by atoms with Gasteiger partial charge in [0.1, 0.15) is 5.82 Å². The number of hydrogen-bond donors (Lipinski definition) is 1. The number of benzene rings is 2. The number of nitrogens with zero attached hydrogens (tertiary/aromatic N) is 2. The lowest BCUT2D eigenvalue weighted by molar-refractivity contribution is 0.104. The van der Waals surface area contributed by atoms with Crippen molar-refractivity contribution >= 4 is 22.5 Å². The van der Waals surface area contributed by atoms with Gasteiger partial charge in [0.2, 0.25) is 0 Å². The summed E-state index contributed by atoms with van der Waals surface area (Å²) in [4.78, 5) is 21.3. The molecule has 1 aliphatic heterocycles. The summed E-state index contributed by atoms with van der Waals surface area (Å²) in [6, 6.07) is 14.0. The number of ketones is 1. The predicted molar refractivity (Wildman–Crippen MR) is 96.9 cm³/mol. The summed E-state index contributed by atoms with van der Waals surface area (Å²) in [7, 11) is 2.17. The second-order valence-electron chi connectivity index (χ2n) is 6.74. The van der Waals surface area contributed by atoms with Crippen LogP contribution in [-0.4, -0.2) is 48.9 Å². The van der Waals surface area contributed by atoms with Gasteiger partial charge in [0.25, 0.3) is 0 Å². The minimum atomic E-state index is 0.132. The van der Waals surface area contributed by atoms with Crippen molar-refractivity contribution < 1.29 is 4.79 Å². The quantitative estimate of drug-likeness (QED) is 0.586. The summed E-state index contributed by atoms with van der Waals surface area (Å²) in [5, 5.41) is 1.08. The van der Waals surface area contributed by atoms with Crippen LogP contribution in [0.3, 0.4) is 0 Å². The van der Waals surface area contributed by atoms with E-state index in [1.165, 1.54) is 5.56 Å². The molecule has 24 heavy (non-hydrogen) atoms. The van der Waals surface area contributed by atoms with Gasteiger partial charge in [-0.25, -0.2) is 0 Å². The first-order valence-corrected chi connectivity index (χ1v) is 8.46. The lowest BCUT2D eigenvalue weighted by atomic mass is 9.85. The molecule has 1 saturated heterocycles. The van der Waals surface area contributed by atoms with Crippen molar-refractivity contribution in [2.75, 3.05) is 38.1 Å². The molecule has 0 unspecified atom stereocenters. The Bertz CT molecular complexity index is 964. The maximum atomic E-state index is 12.9. The highest BCUT2D eigenvalue weighted by Gasteiger charge is 2.30. The summed E-state index contributed by atoms with van der Waals surface area (Å²) in [5.74, 6) is 1.29. The predicted octanol–water partition coefficient (Wildman–Crippen LogP) is 3.13. The molecule has 4 heteroatoms. The summed E-state index contributed by atoms with van der Waals surface area (Å²) >= 11 is 0. The second-order valence-corrected chi connectivity index (χ2v) is 6.74. The SMILES string of the molecule is CN1CCN(c2[nH]c3cccc4c3c2-c2ccccc2C4=O)CC1. The molecule has 2 aromatic carbocycles. The molecule has 0 radical (unpaired) electrons. The molecule has 4 nitrogen and oxygen atoms in total. The smallest absolute Gasteiger partial charge is 0.194 e. The van der Waals surface area contributed by atoms with Gasteiger partial charge < -0.3 is 14.8 Å². The Kier molecular flexibility index (Phi) is 2.85. The van der Waals surface area contributed by atoms with Crippen LogP contribution in [0.15, 0.2) is 42.5 Å². The first kappa shape index (κ1) is 13.8. The fraction of sp³-hybridized carbons (Fsp3) is 0.250. The van der Waals surface area contributed by atoms with Crippen molar-refractivity contribution in [3.63, 3.8) is 0 Å². The molecule has 0 saturated carbocycles. The summed E-state index contributed by atoms with van der Waals surface area (Å²) < 4.78 is 0. The molecule has 120 valence electrons. The van der Waals surface area contributed by atoms with Gasteiger partial charge in [0, 0.05) is 53.8 Å². The molecule has 0 spiro atoms. The highest BCUT2D eigenvalue weighted by Crippen LogP contribution is 2.45. The van der Waals surface area contributed by atoms with Gasteiger partial charge in [0.15, 0.2) is 5.78 Å². The number of piperazine rings is 1. The Morgan fingerprint density at radius 2 is 1.58 bits per heavy atom. The van der Waals surface area contributed by atoms with Crippen molar-refractivity contribution in [2.24, 2.45) is 0 Å². The zero-order valence-corrected chi connectivity index (χ0v) is 13.7. The van der Waals surface area contributed by atoms with E-state index in [0.29, 0.717) is 0 Å². The molecule has 0 amide bonds. The van der Waals surface area contributed by atoms with Crippen molar-refractivity contribution in [1.82, 2.24) is 9.88 Å². The van der Waals surface area contributed by atoms with Crippen LogP contribution in [0.4, 0.5) is 5.82 Å². The average Bonchev–Trinajstić information content (AvgIpc) is 3.01. The normalized spacial score (nSPS) is 17.4. The third-order valence-corrected chi connectivity index (χ3v) is 5.31. The van der Waals surface area contributed by atoms with Gasteiger partial charge in [-0.15, -0.1) is 0 Å². The largest absolute Gasteiger partial charge is 0.355 e. The monoisotopic (exact) mass is 317 g/mol. The minimum Gasteiger partial charge on any atom is -0.355 e. The molecule has 1 N–H and O–H groups in total. The number of fused-ring (bicyclic) bond motifs is 2. The van der Waals surface area contributed by atoms with Gasteiger partial charge in [0.05, 0.1) is 0 Å². The molecule has 1 aromatic heterocycles. The summed E-state index contributed by atoms with van der Waals surface area (Å²) in [6.45, 7) is 4.12. The number of anilines is 1. The maximum Gasteiger partial charge on any atom is 0.194 e. The highest BCUT2D eigenvalue weighted by atomic mass is 16.1. The molecule has 0 atom stereocenters. The van der Waals surface area contributed by atoms with E-state index in [4.69, 9.17) is 0 Å². The van der Waals surface area contributed by atoms with E-state index in [1.807, 2.05) is 30.3 Å². The lowest BCUT2D eigenvalue weighted by Gasteiger charge is -2.34. The number of likely N-dealkylation sites (N-methyl/N-ethyl adjacent to an activating group) is 1. The van der Waals surface area contributed by atoms with Crippen LogP contribution < -0.4 is 4.90 Å². The van der Waals surface area contributed by atoms with Gasteiger partial charge in [-0.3, -0.25) is 4.79 Å². The maximum absolute atomic E-state index is 12.9. The Morgan fingerprint density at radius 3 is 2.38 bits per heavy atom. The molecule has 3 aromatic rings. The van der Waals surface area contributed by atoms with Crippen LogP contribution in [0.5, 0.6) is 0 Å². The van der Waals surface area contributed by atoms with Crippen LogP contribution in [0.2, 0.25) is 0 Å². The Balaban J connectivity index is 1.80. The third kappa shape index (κ3) is 1.80. The zero-order valence-electron chi connectivity index (χ0n) is 13.7. The first-order chi connectivity index (χ1) is 11.7. The molecule has 1 fully saturated rings. The van der Waals surface area contributed by atoms with Crippen LogP contribution in [0, 0.1) is 0 Å². The number of carbonyl (C=O) groups excluding carboxylic acids is 1. The molecule has 5 rings (SSSR count). The van der Waals surface area contributed by atoms with E-state index in [2.05, 4.69) is 34.0 Å². The zero-order chi connectivity index (χ0) is 16.3. The van der Waals surface area contributed by atoms with Crippen molar-refractivity contribution in [3.05, 3.63) is 53.6 Å². The number of aromatic nitrogens is 1. The van der Waals surface area contributed by atoms with E-state index in [9.17, 15) is 4.79 Å². The molecule has 1 aliphatic carbocycles. The molecular formula is C20H19N3O. The second kappa shape index (κ2) is 4.95. The third-order valence-electron chi connectivity index (χ3n) is 5.31. The van der Waals surface area contributed by atoms with Gasteiger partial charge in [-0.2, -0.15) is 0 Å². The Hall–Kier alpha value is -2.59. The number of rotatable bonds is 1. The van der Waals surface area contributed by atoms with Gasteiger partial charge in [-0.05, 0) is 18.7 Å². The van der Waals surface area contributed by atoms with E-state index in [-0.39, 0.29) is 5.78 Å². The molecule has 2 aliphatic rings. The number of H-pyrrole nitrogens is 1. The van der Waals surface area contributed by atoms with E-state index < -0.39 is 0 Å². The fourth-order valence-corrected chi connectivity index (χ4v) is 4.00. The van der Waals surface area contributed by atoms with Gasteiger partial charge >= 0.3 is 0 Å². The summed E-state index contributed by atoms with van der Waals surface area (Å²) in [6.07, 6.45) is 0. The number of hydrogen-bond acceptors (Lipinski definition) is 3. The van der Waals surface area contributed by atoms with Crippen molar-refractivity contribution in [1.29, 1.82) is 0 Å². The van der Waals surface area contributed by atoms with Crippen molar-refractivity contribution in [3.8, 4) is 11.1 Å². The van der Waals surface area contributed by atoms with E-state index in [0.717, 1.165) is 59.6 Å². The Labute approximate surface area is 140 Å². The Morgan fingerprint density at radius 1 is 0.875 bits per heavy atom. The number of nitrogens with one attached hydrogen (secondary N) is 1. The minimum absolute atomic E-state index is 0.132. The van der Waals surface area contributed by atoms with Crippen LogP contribution in [0.1, 0.15) is 15.9 Å². The number of carbonyl (C=O) groups is 1. The van der Waals surface area contributed by atoms with Crippen LogP contribution in [0.25, 0.3) is 22.0 Å². The van der Waals surface area contributed by atoms with Crippen molar-refractivity contribution in [2.45, 2.75) is 0 Å². The molecule has 2 heterocycles. The van der Waals surface area contributed by atoms with Gasteiger partial charge in [-0.1, -0.05) is 36.4 Å². The van der Waals surface area contributed by atoms with Crippen LogP contribution >= 0.6 is 0 Å². The first-order valence-electron chi connectivity index (χ1n) is 8.46. The van der Waals surface area contributed by atoms with E-state index >= 15 is 0 Å². The molecular weight excluding hydrogens is 298 g/mol. The lowest BCUT2D eigenvalue weighted by Crippen LogP contribution is -2.44. The average molecular weight is 317 g/mol. The topological polar surface area (TPSA) is 39.3 Å². The fourth-order valence-electron chi connectivity index (χ4n) is 4.00.